The highest BCUT2D eigenvalue weighted by atomic mass is 16.6. The van der Waals surface area contributed by atoms with Crippen LogP contribution in [0, 0.1) is 17.2 Å². The number of ether oxygens (including phenoxy) is 2. The maximum Gasteiger partial charge on any atom is 0.410 e. The summed E-state index contributed by atoms with van der Waals surface area (Å²) in [6, 6.07) is 13.1. The minimum atomic E-state index is -0.496. The van der Waals surface area contributed by atoms with Gasteiger partial charge in [0.15, 0.2) is 0 Å². The number of hydrogen-bond donors (Lipinski definition) is 0. The fourth-order valence-corrected chi connectivity index (χ4v) is 3.25. The molecule has 1 amide bonds. The Labute approximate surface area is 177 Å². The number of carbonyl (C=O) groups is 1. The fraction of sp³-hybridized carbons (Fsp3) is 0.375. The second kappa shape index (κ2) is 9.00. The van der Waals surface area contributed by atoms with Gasteiger partial charge >= 0.3 is 6.09 Å². The Morgan fingerprint density at radius 1 is 1.23 bits per heavy atom. The van der Waals surface area contributed by atoms with Crippen LogP contribution in [0.5, 0.6) is 5.75 Å². The van der Waals surface area contributed by atoms with Gasteiger partial charge in [-0.05, 0) is 68.2 Å². The van der Waals surface area contributed by atoms with Crippen molar-refractivity contribution in [1.82, 2.24) is 9.88 Å². The van der Waals surface area contributed by atoms with Gasteiger partial charge in [-0.2, -0.15) is 5.26 Å². The number of hydrogen-bond acceptors (Lipinski definition) is 5. The lowest BCUT2D eigenvalue weighted by atomic mass is 9.91. The van der Waals surface area contributed by atoms with E-state index in [1.54, 1.807) is 29.2 Å². The molecule has 0 N–H and O–H groups in total. The first kappa shape index (κ1) is 21.4. The second-order valence-electron chi connectivity index (χ2n) is 8.41. The second-order valence-corrected chi connectivity index (χ2v) is 8.41. The molecule has 0 saturated carbocycles. The molecule has 1 atom stereocenters. The van der Waals surface area contributed by atoms with E-state index in [0.29, 0.717) is 31.0 Å². The van der Waals surface area contributed by atoms with Gasteiger partial charge in [-0.1, -0.05) is 19.1 Å². The van der Waals surface area contributed by atoms with Crippen molar-refractivity contribution in [3.63, 3.8) is 0 Å². The molecular formula is C24H27N3O3. The van der Waals surface area contributed by atoms with Crippen molar-refractivity contribution in [2.24, 2.45) is 5.92 Å². The van der Waals surface area contributed by atoms with Crippen LogP contribution in [0.2, 0.25) is 0 Å². The van der Waals surface area contributed by atoms with Gasteiger partial charge in [-0.15, -0.1) is 0 Å². The number of carbonyl (C=O) groups excluding carboxylic acids is 1. The molecule has 0 bridgehead atoms. The number of amides is 1. The van der Waals surface area contributed by atoms with Crippen molar-refractivity contribution in [1.29, 1.82) is 5.26 Å². The van der Waals surface area contributed by atoms with Crippen LogP contribution in [-0.4, -0.2) is 34.7 Å². The maximum atomic E-state index is 12.3. The zero-order chi connectivity index (χ0) is 21.7. The van der Waals surface area contributed by atoms with Gasteiger partial charge in [0.2, 0.25) is 0 Å². The summed E-state index contributed by atoms with van der Waals surface area (Å²) in [5.74, 6) is 0.888. The van der Waals surface area contributed by atoms with Crippen molar-refractivity contribution in [2.45, 2.75) is 39.9 Å². The van der Waals surface area contributed by atoms with Gasteiger partial charge in [0.05, 0.1) is 17.3 Å². The Morgan fingerprint density at radius 2 is 1.97 bits per heavy atom. The van der Waals surface area contributed by atoms with Crippen LogP contribution in [0.3, 0.4) is 0 Å². The summed E-state index contributed by atoms with van der Waals surface area (Å²) < 4.78 is 11.2. The van der Waals surface area contributed by atoms with E-state index in [4.69, 9.17) is 14.7 Å². The van der Waals surface area contributed by atoms with E-state index in [1.807, 2.05) is 39.1 Å². The molecule has 0 aliphatic carbocycles. The molecule has 1 unspecified atom stereocenters. The first-order valence-corrected chi connectivity index (χ1v) is 10.0. The Kier molecular flexibility index (Phi) is 6.41. The summed E-state index contributed by atoms with van der Waals surface area (Å²) in [6.45, 7) is 9.22. The summed E-state index contributed by atoms with van der Waals surface area (Å²) in [4.78, 5) is 18.5. The zero-order valence-corrected chi connectivity index (χ0v) is 17.9. The average Bonchev–Trinajstić information content (AvgIpc) is 2.72. The quantitative estimate of drug-likeness (QED) is 0.730. The molecule has 0 radical (unpaired) electrons. The molecule has 1 aliphatic rings. The van der Waals surface area contributed by atoms with Crippen molar-refractivity contribution in [3.8, 4) is 11.8 Å². The molecule has 1 aromatic carbocycles. The van der Waals surface area contributed by atoms with Crippen molar-refractivity contribution < 1.29 is 14.3 Å². The highest BCUT2D eigenvalue weighted by Crippen LogP contribution is 2.28. The smallest absolute Gasteiger partial charge is 0.410 e. The molecule has 6 nitrogen and oxygen atoms in total. The van der Waals surface area contributed by atoms with E-state index in [-0.39, 0.29) is 12.0 Å². The van der Waals surface area contributed by atoms with Crippen molar-refractivity contribution in [2.75, 3.05) is 13.1 Å². The van der Waals surface area contributed by atoms with Crippen LogP contribution in [-0.2, 0) is 11.3 Å². The fourth-order valence-electron chi connectivity index (χ4n) is 3.25. The first-order chi connectivity index (χ1) is 14.2. The molecule has 30 heavy (non-hydrogen) atoms. The molecule has 2 heterocycles. The van der Waals surface area contributed by atoms with Crippen LogP contribution in [0.4, 0.5) is 4.79 Å². The van der Waals surface area contributed by atoms with Gasteiger partial charge in [-0.3, -0.25) is 4.98 Å². The first-order valence-electron chi connectivity index (χ1n) is 10.0. The molecule has 0 saturated heterocycles. The van der Waals surface area contributed by atoms with Gasteiger partial charge in [-0.25, -0.2) is 4.79 Å². The molecule has 0 fully saturated rings. The standard InChI is InChI=1S/C24H27N3O3/c1-17-15-27(23(28)30-24(2,3)4)12-11-22(17)19-7-8-20(26-14-19)16-29-21-9-5-18(13-25)6-10-21/h5-11,14,17H,12,15-16H2,1-4H3. The SMILES string of the molecule is CC1CN(C(=O)OC(C)(C)C)CC=C1c1ccc(COc2ccc(C#N)cc2)nc1. The number of nitrogens with zero attached hydrogens (tertiary/aromatic N) is 3. The minimum Gasteiger partial charge on any atom is -0.487 e. The van der Waals surface area contributed by atoms with Gasteiger partial charge < -0.3 is 14.4 Å². The van der Waals surface area contributed by atoms with Crippen LogP contribution in [0.1, 0.15) is 44.5 Å². The molecule has 2 aromatic rings. The van der Waals surface area contributed by atoms with E-state index >= 15 is 0 Å². The highest BCUT2D eigenvalue weighted by molar-refractivity contribution is 5.73. The van der Waals surface area contributed by atoms with E-state index < -0.39 is 5.60 Å². The highest BCUT2D eigenvalue weighted by Gasteiger charge is 2.27. The normalized spacial score (nSPS) is 16.4. The van der Waals surface area contributed by atoms with E-state index in [1.165, 1.54) is 5.57 Å². The van der Waals surface area contributed by atoms with Gasteiger partial charge in [0, 0.05) is 19.3 Å². The minimum absolute atomic E-state index is 0.189. The third-order valence-electron chi connectivity index (χ3n) is 4.74. The molecule has 3 rings (SSSR count). The summed E-state index contributed by atoms with van der Waals surface area (Å²) in [5, 5.41) is 8.84. The number of nitriles is 1. The van der Waals surface area contributed by atoms with E-state index in [0.717, 1.165) is 11.3 Å². The Hall–Kier alpha value is -3.33. The molecule has 1 aliphatic heterocycles. The lowest BCUT2D eigenvalue weighted by molar-refractivity contribution is 0.0252. The van der Waals surface area contributed by atoms with Crippen molar-refractivity contribution in [3.05, 3.63) is 65.5 Å². The van der Waals surface area contributed by atoms with E-state index in [9.17, 15) is 4.79 Å². The maximum absolute atomic E-state index is 12.3. The lowest BCUT2D eigenvalue weighted by Gasteiger charge is -2.33. The van der Waals surface area contributed by atoms with Gasteiger partial charge in [0.1, 0.15) is 18.0 Å². The third-order valence-corrected chi connectivity index (χ3v) is 4.74. The Balaban J connectivity index is 1.60. The molecule has 0 spiro atoms. The van der Waals surface area contributed by atoms with Crippen LogP contribution in [0.15, 0.2) is 48.7 Å². The number of aromatic nitrogens is 1. The Morgan fingerprint density at radius 3 is 2.53 bits per heavy atom. The van der Waals surface area contributed by atoms with E-state index in [2.05, 4.69) is 24.1 Å². The molecular weight excluding hydrogens is 378 g/mol. The predicted molar refractivity (Wildman–Crippen MR) is 115 cm³/mol. The topological polar surface area (TPSA) is 75.5 Å². The summed E-state index contributed by atoms with van der Waals surface area (Å²) in [6.07, 6.45) is 3.64. The monoisotopic (exact) mass is 405 g/mol. The molecule has 6 heteroatoms. The zero-order valence-electron chi connectivity index (χ0n) is 17.9. The van der Waals surface area contributed by atoms with Crippen molar-refractivity contribution >= 4 is 11.7 Å². The third kappa shape index (κ3) is 5.60. The molecule has 1 aromatic heterocycles. The summed E-state index contributed by atoms with van der Waals surface area (Å²) in [5.41, 5.74) is 3.16. The number of pyridine rings is 1. The lowest BCUT2D eigenvalue weighted by Crippen LogP contribution is -2.41. The number of rotatable bonds is 4. The van der Waals surface area contributed by atoms with Crippen LogP contribution >= 0.6 is 0 Å². The largest absolute Gasteiger partial charge is 0.487 e. The average molecular weight is 405 g/mol. The molecule has 156 valence electrons. The number of benzene rings is 1. The van der Waals surface area contributed by atoms with Crippen LogP contribution < -0.4 is 4.74 Å². The predicted octanol–water partition coefficient (Wildman–Crippen LogP) is 4.80. The van der Waals surface area contributed by atoms with Crippen LogP contribution in [0.25, 0.3) is 5.57 Å². The summed E-state index contributed by atoms with van der Waals surface area (Å²) >= 11 is 0. The van der Waals surface area contributed by atoms with Gasteiger partial charge in [0.25, 0.3) is 0 Å². The summed E-state index contributed by atoms with van der Waals surface area (Å²) in [7, 11) is 0. The Bertz CT molecular complexity index is 951.